The van der Waals surface area contributed by atoms with Gasteiger partial charge in [-0.05, 0) is 25.0 Å². The third-order valence-corrected chi connectivity index (χ3v) is 2.36. The van der Waals surface area contributed by atoms with E-state index in [1.807, 2.05) is 25.1 Å². The van der Waals surface area contributed by atoms with Gasteiger partial charge in [-0.1, -0.05) is 25.1 Å². The first kappa shape index (κ1) is 10.6. The van der Waals surface area contributed by atoms with Crippen molar-refractivity contribution in [3.8, 4) is 6.07 Å². The van der Waals surface area contributed by atoms with Crippen molar-refractivity contribution in [1.29, 1.82) is 5.26 Å². The molecule has 0 amide bonds. The zero-order valence-electron chi connectivity index (χ0n) is 8.75. The summed E-state index contributed by atoms with van der Waals surface area (Å²) in [6.07, 6.45) is 0.898. The normalized spacial score (nSPS) is 11.8. The molecule has 1 aromatic carbocycles. The monoisotopic (exact) mass is 188 g/mol. The summed E-state index contributed by atoms with van der Waals surface area (Å²) in [7, 11) is 0. The van der Waals surface area contributed by atoms with E-state index < -0.39 is 0 Å². The molecule has 14 heavy (non-hydrogen) atoms. The summed E-state index contributed by atoms with van der Waals surface area (Å²) in [6, 6.07) is 10.4. The Hall–Kier alpha value is -1.49. The lowest BCUT2D eigenvalue weighted by atomic mass is 10.1. The topological polar surface area (TPSA) is 35.8 Å². The summed E-state index contributed by atoms with van der Waals surface area (Å²) >= 11 is 0. The number of nitrogens with zero attached hydrogens (tertiary/aromatic N) is 1. The zero-order chi connectivity index (χ0) is 10.4. The van der Waals surface area contributed by atoms with Crippen LogP contribution >= 0.6 is 0 Å². The molecule has 1 unspecified atom stereocenters. The highest BCUT2D eigenvalue weighted by molar-refractivity contribution is 5.50. The molecule has 0 bridgehead atoms. The van der Waals surface area contributed by atoms with Gasteiger partial charge in [-0.2, -0.15) is 5.26 Å². The lowest BCUT2D eigenvalue weighted by molar-refractivity contribution is 0.674. The maximum Gasteiger partial charge on any atom is 0.0674 e. The van der Waals surface area contributed by atoms with E-state index in [-0.39, 0.29) is 5.92 Å². The van der Waals surface area contributed by atoms with Gasteiger partial charge in [0.15, 0.2) is 0 Å². The Bertz CT molecular complexity index is 325. The van der Waals surface area contributed by atoms with Crippen LogP contribution in [0.2, 0.25) is 0 Å². The van der Waals surface area contributed by atoms with E-state index in [1.54, 1.807) is 0 Å². The smallest absolute Gasteiger partial charge is 0.0674 e. The van der Waals surface area contributed by atoms with Crippen molar-refractivity contribution in [3.05, 3.63) is 29.8 Å². The number of hydrogen-bond acceptors (Lipinski definition) is 2. The molecular formula is C12H16N2. The minimum atomic E-state index is 0.106. The third kappa shape index (κ3) is 2.77. The van der Waals surface area contributed by atoms with Crippen molar-refractivity contribution in [1.82, 2.24) is 0 Å². The van der Waals surface area contributed by atoms with Gasteiger partial charge in [0, 0.05) is 12.2 Å². The molecule has 1 N–H and O–H groups in total. The van der Waals surface area contributed by atoms with Crippen molar-refractivity contribution < 1.29 is 0 Å². The van der Waals surface area contributed by atoms with Crippen molar-refractivity contribution in [3.63, 3.8) is 0 Å². The quantitative estimate of drug-likeness (QED) is 0.788. The van der Waals surface area contributed by atoms with Gasteiger partial charge in [-0.15, -0.1) is 0 Å². The van der Waals surface area contributed by atoms with E-state index in [0.29, 0.717) is 0 Å². The standard InChI is InChI=1S/C12H16N2/c1-3-11(8-13)9-14-12-7-5-4-6-10(12)2/h4-7,11,14H,3,9H2,1-2H3. The average molecular weight is 188 g/mol. The molecule has 0 radical (unpaired) electrons. The van der Waals surface area contributed by atoms with Crippen molar-refractivity contribution in [2.75, 3.05) is 11.9 Å². The molecule has 2 nitrogen and oxygen atoms in total. The molecular weight excluding hydrogens is 172 g/mol. The third-order valence-electron chi connectivity index (χ3n) is 2.36. The molecule has 1 rings (SSSR count). The van der Waals surface area contributed by atoms with Crippen molar-refractivity contribution in [2.45, 2.75) is 20.3 Å². The second kappa shape index (κ2) is 5.29. The van der Waals surface area contributed by atoms with Crippen LogP contribution in [0.3, 0.4) is 0 Å². The van der Waals surface area contributed by atoms with Crippen LogP contribution in [0.4, 0.5) is 5.69 Å². The van der Waals surface area contributed by atoms with E-state index in [2.05, 4.69) is 24.4 Å². The zero-order valence-corrected chi connectivity index (χ0v) is 8.75. The molecule has 2 heteroatoms. The van der Waals surface area contributed by atoms with Crippen molar-refractivity contribution >= 4 is 5.69 Å². The first-order valence-corrected chi connectivity index (χ1v) is 4.97. The second-order valence-corrected chi connectivity index (χ2v) is 3.43. The van der Waals surface area contributed by atoms with Gasteiger partial charge in [-0.25, -0.2) is 0 Å². The van der Waals surface area contributed by atoms with Crippen LogP contribution in [0.1, 0.15) is 18.9 Å². The number of rotatable bonds is 4. The average Bonchev–Trinajstić information content (AvgIpc) is 2.22. The summed E-state index contributed by atoms with van der Waals surface area (Å²) in [5, 5.41) is 12.1. The van der Waals surface area contributed by atoms with E-state index in [1.165, 1.54) is 5.56 Å². The Morgan fingerprint density at radius 2 is 2.14 bits per heavy atom. The van der Waals surface area contributed by atoms with Gasteiger partial charge in [0.25, 0.3) is 0 Å². The van der Waals surface area contributed by atoms with Gasteiger partial charge >= 0.3 is 0 Å². The highest BCUT2D eigenvalue weighted by Crippen LogP contribution is 2.14. The largest absolute Gasteiger partial charge is 0.384 e. The van der Waals surface area contributed by atoms with Gasteiger partial charge < -0.3 is 5.32 Å². The molecule has 1 atom stereocenters. The fourth-order valence-corrected chi connectivity index (χ4v) is 1.29. The van der Waals surface area contributed by atoms with E-state index in [0.717, 1.165) is 18.7 Å². The highest BCUT2D eigenvalue weighted by atomic mass is 14.9. The van der Waals surface area contributed by atoms with E-state index in [4.69, 9.17) is 5.26 Å². The Morgan fingerprint density at radius 1 is 1.43 bits per heavy atom. The molecule has 0 aromatic heterocycles. The van der Waals surface area contributed by atoms with Gasteiger partial charge in [0.2, 0.25) is 0 Å². The summed E-state index contributed by atoms with van der Waals surface area (Å²) in [5.41, 5.74) is 2.35. The molecule has 0 fully saturated rings. The number of nitriles is 1. The summed E-state index contributed by atoms with van der Waals surface area (Å²) in [5.74, 6) is 0.106. The molecule has 0 aliphatic rings. The molecule has 0 saturated heterocycles. The number of anilines is 1. The van der Waals surface area contributed by atoms with Crippen LogP contribution in [-0.2, 0) is 0 Å². The number of para-hydroxylation sites is 1. The minimum absolute atomic E-state index is 0.106. The molecule has 0 aliphatic carbocycles. The predicted molar refractivity (Wildman–Crippen MR) is 59.1 cm³/mol. The maximum absolute atomic E-state index is 8.78. The number of nitrogens with one attached hydrogen (secondary N) is 1. The van der Waals surface area contributed by atoms with Crippen LogP contribution in [-0.4, -0.2) is 6.54 Å². The lowest BCUT2D eigenvalue weighted by Gasteiger charge is -2.11. The van der Waals surface area contributed by atoms with E-state index in [9.17, 15) is 0 Å². The first-order chi connectivity index (χ1) is 6.77. The summed E-state index contributed by atoms with van der Waals surface area (Å²) in [4.78, 5) is 0. The Labute approximate surface area is 85.6 Å². The fraction of sp³-hybridized carbons (Fsp3) is 0.417. The molecule has 0 heterocycles. The Kier molecular flexibility index (Phi) is 4.00. The SMILES string of the molecule is CCC(C#N)CNc1ccccc1C. The van der Waals surface area contributed by atoms with E-state index >= 15 is 0 Å². The van der Waals surface area contributed by atoms with Crippen molar-refractivity contribution in [2.24, 2.45) is 5.92 Å². The summed E-state index contributed by atoms with van der Waals surface area (Å²) in [6.45, 7) is 4.83. The minimum Gasteiger partial charge on any atom is -0.384 e. The molecule has 0 aliphatic heterocycles. The Morgan fingerprint density at radius 3 is 2.71 bits per heavy atom. The predicted octanol–water partition coefficient (Wildman–Crippen LogP) is 2.96. The fourth-order valence-electron chi connectivity index (χ4n) is 1.29. The molecule has 0 spiro atoms. The number of aryl methyl sites for hydroxylation is 1. The lowest BCUT2D eigenvalue weighted by Crippen LogP contribution is -2.12. The van der Waals surface area contributed by atoms with Crippen LogP contribution in [0.25, 0.3) is 0 Å². The van der Waals surface area contributed by atoms with Crippen LogP contribution in [0.15, 0.2) is 24.3 Å². The van der Waals surface area contributed by atoms with Gasteiger partial charge in [0.1, 0.15) is 0 Å². The van der Waals surface area contributed by atoms with Gasteiger partial charge in [-0.3, -0.25) is 0 Å². The summed E-state index contributed by atoms with van der Waals surface area (Å²) < 4.78 is 0. The molecule has 1 aromatic rings. The number of benzene rings is 1. The second-order valence-electron chi connectivity index (χ2n) is 3.43. The Balaban J connectivity index is 2.54. The number of hydrogen-bond donors (Lipinski definition) is 1. The molecule has 74 valence electrons. The van der Waals surface area contributed by atoms with Crippen LogP contribution in [0.5, 0.6) is 0 Å². The molecule has 0 saturated carbocycles. The van der Waals surface area contributed by atoms with Crippen LogP contribution < -0.4 is 5.32 Å². The maximum atomic E-state index is 8.78. The first-order valence-electron chi connectivity index (χ1n) is 4.97. The van der Waals surface area contributed by atoms with Gasteiger partial charge in [0.05, 0.1) is 12.0 Å². The highest BCUT2D eigenvalue weighted by Gasteiger charge is 2.04. The van der Waals surface area contributed by atoms with Crippen LogP contribution in [0, 0.1) is 24.2 Å².